The van der Waals surface area contributed by atoms with Crippen molar-refractivity contribution in [3.05, 3.63) is 63.7 Å². The lowest BCUT2D eigenvalue weighted by Gasteiger charge is -2.30. The average molecular weight is 457 g/mol. The zero-order valence-electron chi connectivity index (χ0n) is 18.9. The van der Waals surface area contributed by atoms with E-state index < -0.39 is 6.04 Å². The molecule has 2 amide bonds. The minimum Gasteiger partial charge on any atom is -0.494 e. The summed E-state index contributed by atoms with van der Waals surface area (Å²) in [6.45, 7) is 9.24. The second-order valence-electron chi connectivity index (χ2n) is 7.44. The topological polar surface area (TPSA) is 76.5 Å². The van der Waals surface area contributed by atoms with E-state index in [4.69, 9.17) is 21.3 Å². The number of hydrogen-bond donors (Lipinski definition) is 1. The largest absolute Gasteiger partial charge is 0.494 e. The van der Waals surface area contributed by atoms with E-state index in [2.05, 4.69) is 5.32 Å². The summed E-state index contributed by atoms with van der Waals surface area (Å²) in [5.74, 6) is 1.29. The number of amides is 2. The van der Waals surface area contributed by atoms with E-state index in [1.807, 2.05) is 39.8 Å². The Kier molecular flexibility index (Phi) is 7.75. The van der Waals surface area contributed by atoms with Gasteiger partial charge in [0.2, 0.25) is 0 Å². The molecule has 0 radical (unpaired) electrons. The molecule has 2 aromatic carbocycles. The van der Waals surface area contributed by atoms with Crippen LogP contribution in [0.25, 0.3) is 10.9 Å². The van der Waals surface area contributed by atoms with Gasteiger partial charge < -0.3 is 15.0 Å². The van der Waals surface area contributed by atoms with E-state index >= 15 is 0 Å². The van der Waals surface area contributed by atoms with Crippen LogP contribution in [0.5, 0.6) is 5.75 Å². The van der Waals surface area contributed by atoms with Crippen LogP contribution in [-0.2, 0) is 6.54 Å². The van der Waals surface area contributed by atoms with Crippen molar-refractivity contribution >= 4 is 34.2 Å². The molecule has 0 spiro atoms. The Morgan fingerprint density at radius 2 is 1.91 bits per heavy atom. The number of rotatable bonds is 8. The maximum atomic E-state index is 13.2. The van der Waals surface area contributed by atoms with Crippen molar-refractivity contribution < 1.29 is 9.53 Å². The smallest absolute Gasteiger partial charge is 0.322 e. The third kappa shape index (κ3) is 5.05. The van der Waals surface area contributed by atoms with Crippen molar-refractivity contribution in [1.82, 2.24) is 14.5 Å². The highest BCUT2D eigenvalue weighted by Crippen LogP contribution is 2.23. The fourth-order valence-electron chi connectivity index (χ4n) is 3.68. The molecule has 1 N–H and O–H groups in total. The van der Waals surface area contributed by atoms with Gasteiger partial charge in [-0.15, -0.1) is 0 Å². The minimum atomic E-state index is -0.412. The molecule has 170 valence electrons. The first-order valence-corrected chi connectivity index (χ1v) is 11.3. The van der Waals surface area contributed by atoms with Crippen LogP contribution in [0, 0.1) is 0 Å². The van der Waals surface area contributed by atoms with Gasteiger partial charge in [-0.3, -0.25) is 9.36 Å². The number of urea groups is 1. The normalized spacial score (nSPS) is 11.9. The van der Waals surface area contributed by atoms with E-state index in [0.717, 1.165) is 12.2 Å². The molecule has 3 aromatic rings. The van der Waals surface area contributed by atoms with Gasteiger partial charge in [0.15, 0.2) is 0 Å². The molecule has 1 aromatic heterocycles. The van der Waals surface area contributed by atoms with Gasteiger partial charge in [-0.05, 0) is 69.7 Å². The van der Waals surface area contributed by atoms with Crippen LogP contribution in [-0.4, -0.2) is 33.6 Å². The van der Waals surface area contributed by atoms with Gasteiger partial charge >= 0.3 is 6.03 Å². The maximum absolute atomic E-state index is 13.2. The summed E-state index contributed by atoms with van der Waals surface area (Å²) in [5.41, 5.74) is 1.07. The zero-order valence-corrected chi connectivity index (χ0v) is 19.6. The van der Waals surface area contributed by atoms with Crippen molar-refractivity contribution in [3.8, 4) is 5.75 Å². The Bertz CT molecular complexity index is 1140. The number of halogens is 1. The van der Waals surface area contributed by atoms with Crippen LogP contribution in [0.4, 0.5) is 10.5 Å². The standard InChI is InChI=1S/C24H29ClN4O3/c1-5-14-29(24(31)26-18-9-11-19(12-10-18)32-7-3)16(4)22-27-21-13-8-17(25)15-20(21)23(30)28(22)6-2/h8-13,15-16H,5-7,14H2,1-4H3,(H,26,31). The number of carbonyl (C=O) groups excluding carboxylic acids is 1. The molecular weight excluding hydrogens is 428 g/mol. The molecule has 1 unspecified atom stereocenters. The lowest BCUT2D eigenvalue weighted by atomic mass is 10.2. The number of aromatic nitrogens is 2. The fourth-order valence-corrected chi connectivity index (χ4v) is 3.85. The predicted octanol–water partition coefficient (Wildman–Crippen LogP) is 5.47. The average Bonchev–Trinajstić information content (AvgIpc) is 2.78. The van der Waals surface area contributed by atoms with Gasteiger partial charge in [-0.25, -0.2) is 9.78 Å². The van der Waals surface area contributed by atoms with Gasteiger partial charge in [-0.1, -0.05) is 18.5 Å². The van der Waals surface area contributed by atoms with Gasteiger partial charge in [0.1, 0.15) is 11.6 Å². The molecule has 0 saturated heterocycles. The summed E-state index contributed by atoms with van der Waals surface area (Å²) in [4.78, 5) is 32.7. The number of fused-ring (bicyclic) bond motifs is 1. The number of anilines is 1. The van der Waals surface area contributed by atoms with E-state index in [0.29, 0.717) is 47.1 Å². The van der Waals surface area contributed by atoms with Crippen LogP contribution >= 0.6 is 11.6 Å². The lowest BCUT2D eigenvalue weighted by Crippen LogP contribution is -2.40. The quantitative estimate of drug-likeness (QED) is 0.487. The third-order valence-corrected chi connectivity index (χ3v) is 5.48. The summed E-state index contributed by atoms with van der Waals surface area (Å²) in [7, 11) is 0. The summed E-state index contributed by atoms with van der Waals surface area (Å²) < 4.78 is 7.06. The SMILES string of the molecule is CCCN(C(=O)Nc1ccc(OCC)cc1)C(C)c1nc2ccc(Cl)cc2c(=O)n1CC. The van der Waals surface area contributed by atoms with Crippen molar-refractivity contribution in [1.29, 1.82) is 0 Å². The molecule has 8 heteroatoms. The van der Waals surface area contributed by atoms with Crippen molar-refractivity contribution in [2.75, 3.05) is 18.5 Å². The maximum Gasteiger partial charge on any atom is 0.322 e. The first-order valence-electron chi connectivity index (χ1n) is 10.9. The van der Waals surface area contributed by atoms with Crippen molar-refractivity contribution in [2.24, 2.45) is 0 Å². The molecule has 32 heavy (non-hydrogen) atoms. The Morgan fingerprint density at radius 1 is 1.19 bits per heavy atom. The van der Waals surface area contributed by atoms with Crippen LogP contribution in [0.1, 0.15) is 46.0 Å². The molecule has 0 aliphatic carbocycles. The Balaban J connectivity index is 1.93. The lowest BCUT2D eigenvalue weighted by molar-refractivity contribution is 0.188. The summed E-state index contributed by atoms with van der Waals surface area (Å²) in [5, 5.41) is 3.90. The summed E-state index contributed by atoms with van der Waals surface area (Å²) in [6, 6.07) is 11.7. The van der Waals surface area contributed by atoms with Crippen molar-refractivity contribution in [2.45, 2.75) is 46.7 Å². The van der Waals surface area contributed by atoms with E-state index in [1.165, 1.54) is 0 Å². The molecule has 1 atom stereocenters. The van der Waals surface area contributed by atoms with Crippen molar-refractivity contribution in [3.63, 3.8) is 0 Å². The molecule has 0 aliphatic heterocycles. The molecule has 1 heterocycles. The number of nitrogens with zero attached hydrogens (tertiary/aromatic N) is 3. The van der Waals surface area contributed by atoms with E-state index in [-0.39, 0.29) is 11.6 Å². The number of nitrogens with one attached hydrogen (secondary N) is 1. The van der Waals surface area contributed by atoms with Gasteiger partial charge in [0.05, 0.1) is 23.6 Å². The number of carbonyl (C=O) groups is 1. The minimum absolute atomic E-state index is 0.162. The predicted molar refractivity (Wildman–Crippen MR) is 129 cm³/mol. The van der Waals surface area contributed by atoms with Crippen LogP contribution in [0.3, 0.4) is 0 Å². The second kappa shape index (κ2) is 10.5. The molecular formula is C24H29ClN4O3. The van der Waals surface area contributed by atoms with E-state index in [1.54, 1.807) is 39.8 Å². The Labute approximate surface area is 193 Å². The van der Waals surface area contributed by atoms with E-state index in [9.17, 15) is 9.59 Å². The van der Waals surface area contributed by atoms with Crippen LogP contribution in [0.2, 0.25) is 5.02 Å². The monoisotopic (exact) mass is 456 g/mol. The molecule has 0 bridgehead atoms. The van der Waals surface area contributed by atoms with Gasteiger partial charge in [-0.2, -0.15) is 0 Å². The Morgan fingerprint density at radius 3 is 2.53 bits per heavy atom. The Hall–Kier alpha value is -3.06. The first-order chi connectivity index (χ1) is 15.4. The number of benzene rings is 2. The van der Waals surface area contributed by atoms with Crippen LogP contribution in [0.15, 0.2) is 47.3 Å². The molecule has 7 nitrogen and oxygen atoms in total. The second-order valence-corrected chi connectivity index (χ2v) is 7.87. The van der Waals surface area contributed by atoms with Crippen LogP contribution < -0.4 is 15.6 Å². The highest BCUT2D eigenvalue weighted by atomic mass is 35.5. The third-order valence-electron chi connectivity index (χ3n) is 5.25. The number of ether oxygens (including phenoxy) is 1. The summed E-state index contributed by atoms with van der Waals surface area (Å²) >= 11 is 6.08. The molecule has 0 saturated carbocycles. The first kappa shape index (κ1) is 23.6. The van der Waals surface area contributed by atoms with Gasteiger partial charge in [0.25, 0.3) is 5.56 Å². The zero-order chi connectivity index (χ0) is 23.3. The molecule has 3 rings (SSSR count). The number of hydrogen-bond acceptors (Lipinski definition) is 4. The highest BCUT2D eigenvalue weighted by molar-refractivity contribution is 6.31. The highest BCUT2D eigenvalue weighted by Gasteiger charge is 2.25. The molecule has 0 aliphatic rings. The van der Waals surface area contributed by atoms with Gasteiger partial charge in [0, 0.05) is 23.8 Å². The molecule has 0 fully saturated rings. The fraction of sp³-hybridized carbons (Fsp3) is 0.375. The summed E-state index contributed by atoms with van der Waals surface area (Å²) in [6.07, 6.45) is 0.764.